The largest absolute Gasteiger partial charge is 0.478 e. The zero-order chi connectivity index (χ0) is 16.7. The first-order valence-electron chi connectivity index (χ1n) is 8.17. The molecule has 4 heteroatoms. The van der Waals surface area contributed by atoms with E-state index in [4.69, 9.17) is 6.42 Å². The average Bonchev–Trinajstić information content (AvgIpc) is 2.58. The van der Waals surface area contributed by atoms with Gasteiger partial charge in [-0.05, 0) is 30.9 Å². The Morgan fingerprint density at radius 2 is 1.91 bits per heavy atom. The van der Waals surface area contributed by atoms with E-state index in [1.54, 1.807) is 24.3 Å². The molecule has 0 saturated heterocycles. The van der Waals surface area contributed by atoms with Gasteiger partial charge in [0.25, 0.3) is 0 Å². The molecule has 0 atom stereocenters. The van der Waals surface area contributed by atoms with Crippen molar-refractivity contribution in [2.75, 3.05) is 6.54 Å². The van der Waals surface area contributed by atoms with Crippen LogP contribution in [0, 0.1) is 12.3 Å². The zero-order valence-corrected chi connectivity index (χ0v) is 13.3. The molecule has 0 bridgehead atoms. The predicted molar refractivity (Wildman–Crippen MR) is 89.1 cm³/mol. The number of carboxylic acid groups (broad SMARTS) is 1. The summed E-state index contributed by atoms with van der Waals surface area (Å²) in [7, 11) is 0. The van der Waals surface area contributed by atoms with Crippen LogP contribution in [0.5, 0.6) is 0 Å². The fourth-order valence-electron chi connectivity index (χ4n) is 3.24. The number of carbonyl (C=O) groups excluding carboxylic acids is 1. The molecule has 0 heterocycles. The van der Waals surface area contributed by atoms with Gasteiger partial charge in [0.2, 0.25) is 5.91 Å². The van der Waals surface area contributed by atoms with Crippen LogP contribution in [0.25, 0.3) is 0 Å². The fraction of sp³-hybridized carbons (Fsp3) is 0.474. The quantitative estimate of drug-likeness (QED) is 0.821. The van der Waals surface area contributed by atoms with Crippen LogP contribution in [0.1, 0.15) is 54.4 Å². The number of hydrogen-bond donors (Lipinski definition) is 1. The smallest absolute Gasteiger partial charge is 0.335 e. The lowest BCUT2D eigenvalue weighted by atomic mass is 9.93. The van der Waals surface area contributed by atoms with E-state index in [1.165, 1.54) is 6.42 Å². The first kappa shape index (κ1) is 17.1. The molecule has 0 radical (unpaired) electrons. The van der Waals surface area contributed by atoms with Gasteiger partial charge in [-0.25, -0.2) is 4.79 Å². The van der Waals surface area contributed by atoms with Crippen molar-refractivity contribution >= 4 is 11.9 Å². The van der Waals surface area contributed by atoms with E-state index in [1.807, 2.05) is 4.90 Å². The Labute approximate surface area is 137 Å². The minimum absolute atomic E-state index is 0.0232. The van der Waals surface area contributed by atoms with Crippen molar-refractivity contribution in [3.63, 3.8) is 0 Å². The van der Waals surface area contributed by atoms with Gasteiger partial charge >= 0.3 is 5.97 Å². The molecule has 122 valence electrons. The maximum Gasteiger partial charge on any atom is 0.335 e. The van der Waals surface area contributed by atoms with Crippen LogP contribution in [0.3, 0.4) is 0 Å². The van der Waals surface area contributed by atoms with Crippen molar-refractivity contribution in [3.05, 3.63) is 35.4 Å². The van der Waals surface area contributed by atoms with Crippen molar-refractivity contribution in [1.29, 1.82) is 0 Å². The molecule has 1 saturated carbocycles. The number of aromatic carboxylic acids is 1. The molecule has 1 N–H and O–H groups in total. The van der Waals surface area contributed by atoms with E-state index in [0.29, 0.717) is 24.9 Å². The summed E-state index contributed by atoms with van der Waals surface area (Å²) in [6.07, 6.45) is 11.7. The normalized spacial score (nSPS) is 14.9. The Morgan fingerprint density at radius 3 is 2.57 bits per heavy atom. The Morgan fingerprint density at radius 1 is 1.22 bits per heavy atom. The molecule has 1 aromatic carbocycles. The minimum Gasteiger partial charge on any atom is -0.478 e. The van der Waals surface area contributed by atoms with Crippen LogP contribution < -0.4 is 0 Å². The third-order valence-electron chi connectivity index (χ3n) is 4.45. The van der Waals surface area contributed by atoms with Gasteiger partial charge in [-0.3, -0.25) is 4.79 Å². The molecule has 1 amide bonds. The lowest BCUT2D eigenvalue weighted by Crippen LogP contribution is -2.41. The van der Waals surface area contributed by atoms with E-state index in [-0.39, 0.29) is 17.5 Å². The van der Waals surface area contributed by atoms with Gasteiger partial charge in [0.15, 0.2) is 0 Å². The van der Waals surface area contributed by atoms with Crippen LogP contribution in [-0.4, -0.2) is 34.5 Å². The number of aryl methyl sites for hydroxylation is 1. The summed E-state index contributed by atoms with van der Waals surface area (Å²) in [6.45, 7) is 0.337. The van der Waals surface area contributed by atoms with E-state index < -0.39 is 5.97 Å². The Hall–Kier alpha value is -2.28. The Balaban J connectivity index is 2.02. The van der Waals surface area contributed by atoms with E-state index in [9.17, 15) is 14.7 Å². The minimum atomic E-state index is -0.958. The third-order valence-corrected chi connectivity index (χ3v) is 4.45. The molecule has 0 aliphatic heterocycles. The van der Waals surface area contributed by atoms with Gasteiger partial charge in [0.05, 0.1) is 12.1 Å². The monoisotopic (exact) mass is 313 g/mol. The number of nitrogens with zero attached hydrogens (tertiary/aromatic N) is 1. The molecule has 1 aliphatic rings. The molecule has 0 unspecified atom stereocenters. The average molecular weight is 313 g/mol. The van der Waals surface area contributed by atoms with Gasteiger partial charge in [0, 0.05) is 12.5 Å². The highest BCUT2D eigenvalue weighted by atomic mass is 16.4. The highest BCUT2D eigenvalue weighted by Crippen LogP contribution is 2.23. The van der Waals surface area contributed by atoms with Crippen molar-refractivity contribution in [2.45, 2.75) is 51.0 Å². The van der Waals surface area contributed by atoms with Crippen LogP contribution in [0.15, 0.2) is 24.3 Å². The Kier molecular flexibility index (Phi) is 6.22. The highest BCUT2D eigenvalue weighted by Gasteiger charge is 2.24. The van der Waals surface area contributed by atoms with Crippen LogP contribution in [-0.2, 0) is 11.2 Å². The number of hydrogen-bond acceptors (Lipinski definition) is 2. The van der Waals surface area contributed by atoms with Crippen LogP contribution in [0.2, 0.25) is 0 Å². The SMILES string of the molecule is C#CCN(C(=O)CCc1ccccc1C(=O)O)C1CCCCC1. The second-order valence-corrected chi connectivity index (χ2v) is 5.98. The lowest BCUT2D eigenvalue weighted by Gasteiger charge is -2.33. The summed E-state index contributed by atoms with van der Waals surface area (Å²) in [6, 6.07) is 7.07. The molecule has 4 nitrogen and oxygen atoms in total. The second-order valence-electron chi connectivity index (χ2n) is 5.98. The molecular weight excluding hydrogens is 290 g/mol. The lowest BCUT2D eigenvalue weighted by molar-refractivity contribution is -0.133. The summed E-state index contributed by atoms with van der Waals surface area (Å²) in [5, 5.41) is 9.21. The van der Waals surface area contributed by atoms with Gasteiger partial charge in [-0.1, -0.05) is 43.4 Å². The molecule has 23 heavy (non-hydrogen) atoms. The van der Waals surface area contributed by atoms with E-state index in [2.05, 4.69) is 5.92 Å². The van der Waals surface area contributed by atoms with Gasteiger partial charge in [-0.2, -0.15) is 0 Å². The van der Waals surface area contributed by atoms with Crippen LogP contribution >= 0.6 is 0 Å². The number of carboxylic acids is 1. The summed E-state index contributed by atoms with van der Waals surface area (Å²) < 4.78 is 0. The standard InChI is InChI=1S/C19H23NO3/c1-2-14-20(16-9-4-3-5-10-16)18(21)13-12-15-8-6-7-11-17(15)19(22)23/h1,6-8,11,16H,3-5,9-10,12-14H2,(H,22,23). The summed E-state index contributed by atoms with van der Waals surface area (Å²) in [4.78, 5) is 25.6. The maximum absolute atomic E-state index is 12.6. The first-order chi connectivity index (χ1) is 11.1. The van der Waals surface area contributed by atoms with Crippen molar-refractivity contribution < 1.29 is 14.7 Å². The second kappa shape index (κ2) is 8.38. The molecule has 1 aromatic rings. The van der Waals surface area contributed by atoms with Gasteiger partial charge in [-0.15, -0.1) is 6.42 Å². The number of rotatable bonds is 6. The summed E-state index contributed by atoms with van der Waals surface area (Å²) >= 11 is 0. The number of amides is 1. The third kappa shape index (κ3) is 4.59. The zero-order valence-electron chi connectivity index (χ0n) is 13.3. The fourth-order valence-corrected chi connectivity index (χ4v) is 3.24. The number of carbonyl (C=O) groups is 2. The molecule has 1 aliphatic carbocycles. The number of benzene rings is 1. The summed E-state index contributed by atoms with van der Waals surface area (Å²) in [5.74, 6) is 1.65. The molecular formula is C19H23NO3. The molecule has 1 fully saturated rings. The highest BCUT2D eigenvalue weighted by molar-refractivity contribution is 5.89. The number of terminal acetylenes is 1. The topological polar surface area (TPSA) is 57.6 Å². The first-order valence-corrected chi connectivity index (χ1v) is 8.17. The van der Waals surface area contributed by atoms with E-state index >= 15 is 0 Å². The molecule has 0 spiro atoms. The molecule has 2 rings (SSSR count). The van der Waals surface area contributed by atoms with Gasteiger partial charge < -0.3 is 10.0 Å². The van der Waals surface area contributed by atoms with Crippen molar-refractivity contribution in [3.8, 4) is 12.3 Å². The Bertz CT molecular complexity index is 597. The van der Waals surface area contributed by atoms with Crippen LogP contribution in [0.4, 0.5) is 0 Å². The van der Waals surface area contributed by atoms with Crippen molar-refractivity contribution in [2.24, 2.45) is 0 Å². The van der Waals surface area contributed by atoms with E-state index in [0.717, 1.165) is 25.7 Å². The summed E-state index contributed by atoms with van der Waals surface area (Å²) in [5.41, 5.74) is 0.958. The molecule has 0 aromatic heterocycles. The predicted octanol–water partition coefficient (Wildman–Crippen LogP) is 3.11. The van der Waals surface area contributed by atoms with Gasteiger partial charge in [0.1, 0.15) is 0 Å². The maximum atomic E-state index is 12.6. The van der Waals surface area contributed by atoms with Crippen molar-refractivity contribution in [1.82, 2.24) is 4.90 Å².